The van der Waals surface area contributed by atoms with Crippen LogP contribution in [0.5, 0.6) is 0 Å². The van der Waals surface area contributed by atoms with E-state index < -0.39 is 0 Å². The van der Waals surface area contributed by atoms with E-state index in [-0.39, 0.29) is 5.92 Å². The number of nitrogens with zero attached hydrogens (tertiary/aromatic N) is 1. The molecule has 0 radical (unpaired) electrons. The Morgan fingerprint density at radius 1 is 1.12 bits per heavy atom. The molecule has 1 fully saturated rings. The highest BCUT2D eigenvalue weighted by Gasteiger charge is 2.25. The molecule has 2 rings (SSSR count). The summed E-state index contributed by atoms with van der Waals surface area (Å²) in [5, 5.41) is 10.5. The SMILES string of the molecule is N#C[C@@H](c1ccc(Cl)c(Cl)c1)C1CCCCC1. The van der Waals surface area contributed by atoms with Gasteiger partial charge in [-0.2, -0.15) is 5.26 Å². The van der Waals surface area contributed by atoms with E-state index in [0.717, 1.165) is 18.4 Å². The second-order valence-corrected chi connectivity index (χ2v) is 5.49. The average molecular weight is 268 g/mol. The quantitative estimate of drug-likeness (QED) is 0.724. The van der Waals surface area contributed by atoms with Gasteiger partial charge >= 0.3 is 0 Å². The van der Waals surface area contributed by atoms with Crippen LogP contribution in [0.4, 0.5) is 0 Å². The van der Waals surface area contributed by atoms with Gasteiger partial charge in [-0.25, -0.2) is 0 Å². The predicted molar refractivity (Wildman–Crippen MR) is 71.4 cm³/mol. The van der Waals surface area contributed by atoms with Crippen LogP contribution in [0.1, 0.15) is 43.6 Å². The fourth-order valence-corrected chi connectivity index (χ4v) is 2.93. The van der Waals surface area contributed by atoms with Gasteiger partial charge in [0, 0.05) is 0 Å². The molecule has 0 N–H and O–H groups in total. The van der Waals surface area contributed by atoms with E-state index in [1.807, 2.05) is 12.1 Å². The van der Waals surface area contributed by atoms with Gasteiger partial charge in [0.2, 0.25) is 0 Å². The zero-order valence-corrected chi connectivity index (χ0v) is 11.1. The molecule has 3 heteroatoms. The van der Waals surface area contributed by atoms with Gasteiger partial charge < -0.3 is 0 Å². The molecule has 1 aliphatic carbocycles. The summed E-state index contributed by atoms with van der Waals surface area (Å²) < 4.78 is 0. The van der Waals surface area contributed by atoms with Crippen molar-refractivity contribution >= 4 is 23.2 Å². The van der Waals surface area contributed by atoms with Crippen LogP contribution in [-0.4, -0.2) is 0 Å². The minimum atomic E-state index is -0.0370. The largest absolute Gasteiger partial charge is 0.198 e. The second-order valence-electron chi connectivity index (χ2n) is 4.68. The van der Waals surface area contributed by atoms with Gasteiger partial charge in [0.15, 0.2) is 0 Å². The van der Waals surface area contributed by atoms with Gasteiger partial charge in [0.25, 0.3) is 0 Å². The van der Waals surface area contributed by atoms with Crippen molar-refractivity contribution in [1.82, 2.24) is 0 Å². The molecular formula is C14H15Cl2N. The van der Waals surface area contributed by atoms with Crippen molar-refractivity contribution in [1.29, 1.82) is 5.26 Å². The molecule has 0 saturated heterocycles. The number of halogens is 2. The van der Waals surface area contributed by atoms with E-state index in [4.69, 9.17) is 23.2 Å². The predicted octanol–water partition coefficient (Wildman–Crippen LogP) is 5.18. The zero-order chi connectivity index (χ0) is 12.3. The third-order valence-corrected chi connectivity index (χ3v) is 4.30. The number of hydrogen-bond donors (Lipinski definition) is 0. The van der Waals surface area contributed by atoms with Crippen molar-refractivity contribution in [2.24, 2.45) is 5.92 Å². The topological polar surface area (TPSA) is 23.8 Å². The van der Waals surface area contributed by atoms with Gasteiger partial charge in [0.1, 0.15) is 0 Å². The highest BCUT2D eigenvalue weighted by Crippen LogP contribution is 2.37. The fraction of sp³-hybridized carbons (Fsp3) is 0.500. The summed E-state index contributed by atoms with van der Waals surface area (Å²) in [6.45, 7) is 0. The fourth-order valence-electron chi connectivity index (χ4n) is 2.63. The van der Waals surface area contributed by atoms with Crippen molar-refractivity contribution in [2.45, 2.75) is 38.0 Å². The van der Waals surface area contributed by atoms with E-state index in [2.05, 4.69) is 6.07 Å². The molecule has 1 aromatic carbocycles. The van der Waals surface area contributed by atoms with Crippen LogP contribution in [0.25, 0.3) is 0 Å². The molecule has 17 heavy (non-hydrogen) atoms. The number of benzene rings is 1. The number of nitriles is 1. The highest BCUT2D eigenvalue weighted by molar-refractivity contribution is 6.42. The van der Waals surface area contributed by atoms with Gasteiger partial charge in [-0.3, -0.25) is 0 Å². The minimum absolute atomic E-state index is 0.0370. The summed E-state index contributed by atoms with van der Waals surface area (Å²) in [7, 11) is 0. The molecule has 1 saturated carbocycles. The number of hydrogen-bond acceptors (Lipinski definition) is 1. The van der Waals surface area contributed by atoms with E-state index in [9.17, 15) is 5.26 Å². The lowest BCUT2D eigenvalue weighted by atomic mass is 9.77. The van der Waals surface area contributed by atoms with Crippen LogP contribution in [0, 0.1) is 17.2 Å². The third kappa shape index (κ3) is 2.94. The van der Waals surface area contributed by atoms with Crippen LogP contribution in [0.3, 0.4) is 0 Å². The monoisotopic (exact) mass is 267 g/mol. The lowest BCUT2D eigenvalue weighted by Crippen LogP contribution is -2.15. The molecule has 0 aromatic heterocycles. The Labute approximate surface area is 112 Å². The maximum Gasteiger partial charge on any atom is 0.0741 e. The van der Waals surface area contributed by atoms with Crippen LogP contribution in [0.2, 0.25) is 10.0 Å². The normalized spacial score (nSPS) is 18.6. The average Bonchev–Trinajstić information content (AvgIpc) is 2.36. The lowest BCUT2D eigenvalue weighted by Gasteiger charge is -2.26. The van der Waals surface area contributed by atoms with Gasteiger partial charge in [-0.1, -0.05) is 48.5 Å². The first-order valence-corrected chi connectivity index (χ1v) is 6.82. The van der Waals surface area contributed by atoms with Gasteiger partial charge in [-0.05, 0) is 36.5 Å². The van der Waals surface area contributed by atoms with E-state index in [0.29, 0.717) is 16.0 Å². The molecular weight excluding hydrogens is 253 g/mol. The molecule has 0 bridgehead atoms. The van der Waals surface area contributed by atoms with Gasteiger partial charge in [0.05, 0.1) is 22.0 Å². The van der Waals surface area contributed by atoms with E-state index in [1.165, 1.54) is 19.3 Å². The Bertz CT molecular complexity index is 430. The zero-order valence-electron chi connectivity index (χ0n) is 9.63. The molecule has 1 atom stereocenters. The molecule has 1 nitrogen and oxygen atoms in total. The summed E-state index contributed by atoms with van der Waals surface area (Å²) in [4.78, 5) is 0. The van der Waals surface area contributed by atoms with Crippen LogP contribution in [-0.2, 0) is 0 Å². The maximum atomic E-state index is 9.37. The molecule has 0 amide bonds. The summed E-state index contributed by atoms with van der Waals surface area (Å²) >= 11 is 11.9. The Balaban J connectivity index is 2.22. The molecule has 90 valence electrons. The van der Waals surface area contributed by atoms with Crippen molar-refractivity contribution in [3.05, 3.63) is 33.8 Å². The Morgan fingerprint density at radius 3 is 2.41 bits per heavy atom. The van der Waals surface area contributed by atoms with Crippen molar-refractivity contribution in [3.8, 4) is 6.07 Å². The third-order valence-electron chi connectivity index (χ3n) is 3.56. The molecule has 1 aliphatic rings. The van der Waals surface area contributed by atoms with Gasteiger partial charge in [-0.15, -0.1) is 0 Å². The first-order chi connectivity index (χ1) is 8.22. The Kier molecular flexibility index (Phi) is 4.31. The standard InChI is InChI=1S/C14H15Cl2N/c15-13-7-6-11(8-14(13)16)12(9-17)10-4-2-1-3-5-10/h6-8,10,12H,1-5H2/t12-/m1/s1. The smallest absolute Gasteiger partial charge is 0.0741 e. The maximum absolute atomic E-state index is 9.37. The van der Waals surface area contributed by atoms with E-state index >= 15 is 0 Å². The molecule has 0 aliphatic heterocycles. The van der Waals surface area contributed by atoms with Crippen LogP contribution in [0.15, 0.2) is 18.2 Å². The first kappa shape index (κ1) is 12.7. The highest BCUT2D eigenvalue weighted by atomic mass is 35.5. The van der Waals surface area contributed by atoms with Crippen molar-refractivity contribution < 1.29 is 0 Å². The summed E-state index contributed by atoms with van der Waals surface area (Å²) in [5.41, 5.74) is 1.01. The number of rotatable bonds is 2. The summed E-state index contributed by atoms with van der Waals surface area (Å²) in [6.07, 6.45) is 6.08. The molecule has 0 unspecified atom stereocenters. The van der Waals surface area contributed by atoms with E-state index in [1.54, 1.807) is 6.07 Å². The van der Waals surface area contributed by atoms with Crippen molar-refractivity contribution in [2.75, 3.05) is 0 Å². The Morgan fingerprint density at radius 2 is 1.82 bits per heavy atom. The van der Waals surface area contributed by atoms with Crippen LogP contribution >= 0.6 is 23.2 Å². The second kappa shape index (κ2) is 5.76. The molecule has 0 spiro atoms. The summed E-state index contributed by atoms with van der Waals surface area (Å²) in [6, 6.07) is 7.98. The lowest BCUT2D eigenvalue weighted by molar-refractivity contribution is 0.335. The Hall–Kier alpha value is -0.710. The molecule has 0 heterocycles. The van der Waals surface area contributed by atoms with Crippen LogP contribution < -0.4 is 0 Å². The summed E-state index contributed by atoms with van der Waals surface area (Å²) in [5.74, 6) is 0.441. The first-order valence-electron chi connectivity index (χ1n) is 6.07. The minimum Gasteiger partial charge on any atom is -0.198 e. The van der Waals surface area contributed by atoms with Crippen molar-refractivity contribution in [3.63, 3.8) is 0 Å². The molecule has 1 aromatic rings.